The molecule has 0 aromatic heterocycles. The summed E-state index contributed by atoms with van der Waals surface area (Å²) in [5.41, 5.74) is 1.30. The molecule has 0 heterocycles. The van der Waals surface area contributed by atoms with Gasteiger partial charge in [0.05, 0.1) is 0 Å². The second-order valence-electron chi connectivity index (χ2n) is 5.31. The number of hydrogen-bond donors (Lipinski definition) is 1. The zero-order valence-electron chi connectivity index (χ0n) is 11.3. The Morgan fingerprint density at radius 3 is 2.12 bits per heavy atom. The fourth-order valence-corrected chi connectivity index (χ4v) is 2.07. The molecule has 1 unspecified atom stereocenters. The lowest BCUT2D eigenvalue weighted by Gasteiger charge is -2.21. The van der Waals surface area contributed by atoms with Crippen molar-refractivity contribution in [3.8, 4) is 0 Å². The van der Waals surface area contributed by atoms with Crippen molar-refractivity contribution in [2.24, 2.45) is 5.92 Å². The van der Waals surface area contributed by atoms with E-state index in [2.05, 4.69) is 45.1 Å². The standard InChI is InChI=1S/C15H24ClN/c1-11(2)5-6-12(3)17-13(4)14-7-9-15(16)10-8-14/h7-13,17H,5-6H2,1-4H3/t12?,13-/m0/s1. The molecule has 1 aromatic rings. The lowest BCUT2D eigenvalue weighted by atomic mass is 10.0. The molecule has 0 spiro atoms. The molecule has 2 atom stereocenters. The molecule has 0 aliphatic carbocycles. The van der Waals surface area contributed by atoms with Crippen LogP contribution in [0.4, 0.5) is 0 Å². The summed E-state index contributed by atoms with van der Waals surface area (Å²) in [4.78, 5) is 0. The number of benzene rings is 1. The van der Waals surface area contributed by atoms with Gasteiger partial charge in [0.2, 0.25) is 0 Å². The van der Waals surface area contributed by atoms with Crippen LogP contribution in [0.1, 0.15) is 52.1 Å². The van der Waals surface area contributed by atoms with E-state index in [0.717, 1.165) is 10.9 Å². The van der Waals surface area contributed by atoms with E-state index in [4.69, 9.17) is 11.6 Å². The third kappa shape index (κ3) is 5.56. The Morgan fingerprint density at radius 2 is 1.59 bits per heavy atom. The van der Waals surface area contributed by atoms with Crippen molar-refractivity contribution in [2.75, 3.05) is 0 Å². The van der Waals surface area contributed by atoms with Gasteiger partial charge >= 0.3 is 0 Å². The monoisotopic (exact) mass is 253 g/mol. The van der Waals surface area contributed by atoms with Crippen molar-refractivity contribution in [3.05, 3.63) is 34.9 Å². The van der Waals surface area contributed by atoms with E-state index in [1.807, 2.05) is 12.1 Å². The van der Waals surface area contributed by atoms with Crippen molar-refractivity contribution < 1.29 is 0 Å². The topological polar surface area (TPSA) is 12.0 Å². The van der Waals surface area contributed by atoms with Crippen molar-refractivity contribution in [1.29, 1.82) is 0 Å². The van der Waals surface area contributed by atoms with Crippen LogP contribution in [0, 0.1) is 5.92 Å². The number of halogens is 1. The second-order valence-corrected chi connectivity index (χ2v) is 5.75. The molecular weight excluding hydrogens is 230 g/mol. The predicted octanol–water partition coefficient (Wildman–Crippen LogP) is 4.82. The number of hydrogen-bond acceptors (Lipinski definition) is 1. The minimum Gasteiger partial charge on any atom is -0.308 e. The zero-order valence-corrected chi connectivity index (χ0v) is 12.1. The van der Waals surface area contributed by atoms with E-state index in [9.17, 15) is 0 Å². The molecule has 0 bridgehead atoms. The Labute approximate surface area is 111 Å². The number of rotatable bonds is 6. The molecule has 0 saturated heterocycles. The molecule has 96 valence electrons. The minimum atomic E-state index is 0.384. The summed E-state index contributed by atoms with van der Waals surface area (Å²) in [5.74, 6) is 0.782. The Balaban J connectivity index is 2.42. The van der Waals surface area contributed by atoms with Crippen molar-refractivity contribution in [3.63, 3.8) is 0 Å². The Hall–Kier alpha value is -0.530. The van der Waals surface area contributed by atoms with Gasteiger partial charge in [-0.1, -0.05) is 37.6 Å². The van der Waals surface area contributed by atoms with Gasteiger partial charge in [0.1, 0.15) is 0 Å². The maximum absolute atomic E-state index is 5.89. The Morgan fingerprint density at radius 1 is 1.00 bits per heavy atom. The molecular formula is C15H24ClN. The molecule has 0 fully saturated rings. The fourth-order valence-electron chi connectivity index (χ4n) is 1.94. The van der Waals surface area contributed by atoms with Gasteiger partial charge in [0, 0.05) is 17.1 Å². The highest BCUT2D eigenvalue weighted by Gasteiger charge is 2.09. The average molecular weight is 254 g/mol. The van der Waals surface area contributed by atoms with E-state index in [1.165, 1.54) is 18.4 Å². The lowest BCUT2D eigenvalue weighted by molar-refractivity contribution is 0.417. The third-order valence-electron chi connectivity index (χ3n) is 3.08. The van der Waals surface area contributed by atoms with Crippen LogP contribution >= 0.6 is 11.6 Å². The van der Waals surface area contributed by atoms with Gasteiger partial charge in [-0.3, -0.25) is 0 Å². The average Bonchev–Trinajstić information content (AvgIpc) is 2.27. The first-order chi connectivity index (χ1) is 7.99. The fraction of sp³-hybridized carbons (Fsp3) is 0.600. The SMILES string of the molecule is CC(C)CCC(C)N[C@@H](C)c1ccc(Cl)cc1. The molecule has 2 heteroatoms. The van der Waals surface area contributed by atoms with Gasteiger partial charge in [-0.25, -0.2) is 0 Å². The van der Waals surface area contributed by atoms with Gasteiger partial charge in [-0.05, 0) is 50.3 Å². The Kier molecular flexibility index (Phi) is 6.01. The molecule has 1 rings (SSSR count). The van der Waals surface area contributed by atoms with E-state index >= 15 is 0 Å². The lowest BCUT2D eigenvalue weighted by Crippen LogP contribution is -2.29. The Bertz CT molecular complexity index is 318. The van der Waals surface area contributed by atoms with E-state index < -0.39 is 0 Å². The van der Waals surface area contributed by atoms with Crippen LogP contribution in [-0.2, 0) is 0 Å². The van der Waals surface area contributed by atoms with Gasteiger partial charge in [-0.15, -0.1) is 0 Å². The molecule has 1 N–H and O–H groups in total. The second kappa shape index (κ2) is 7.03. The summed E-state index contributed by atoms with van der Waals surface area (Å²) in [6, 6.07) is 9.03. The number of nitrogens with one attached hydrogen (secondary N) is 1. The molecule has 0 radical (unpaired) electrons. The van der Waals surface area contributed by atoms with Crippen molar-refractivity contribution in [2.45, 2.75) is 52.6 Å². The summed E-state index contributed by atoms with van der Waals surface area (Å²) >= 11 is 5.89. The largest absolute Gasteiger partial charge is 0.308 e. The first-order valence-corrected chi connectivity index (χ1v) is 6.88. The molecule has 0 saturated carbocycles. The van der Waals surface area contributed by atoms with Crippen LogP contribution < -0.4 is 5.32 Å². The summed E-state index contributed by atoms with van der Waals surface area (Å²) in [6.45, 7) is 9.01. The predicted molar refractivity (Wildman–Crippen MR) is 76.5 cm³/mol. The summed E-state index contributed by atoms with van der Waals surface area (Å²) < 4.78 is 0. The zero-order chi connectivity index (χ0) is 12.8. The van der Waals surface area contributed by atoms with Crippen LogP contribution in [-0.4, -0.2) is 6.04 Å². The van der Waals surface area contributed by atoms with E-state index in [-0.39, 0.29) is 0 Å². The van der Waals surface area contributed by atoms with Crippen LogP contribution in [0.25, 0.3) is 0 Å². The van der Waals surface area contributed by atoms with Gasteiger partial charge < -0.3 is 5.32 Å². The normalized spacial score (nSPS) is 14.9. The molecule has 17 heavy (non-hydrogen) atoms. The highest BCUT2D eigenvalue weighted by atomic mass is 35.5. The van der Waals surface area contributed by atoms with Crippen LogP contribution in [0.3, 0.4) is 0 Å². The molecule has 1 aromatic carbocycles. The van der Waals surface area contributed by atoms with Crippen LogP contribution in [0.15, 0.2) is 24.3 Å². The summed E-state index contributed by atoms with van der Waals surface area (Å²) in [6.07, 6.45) is 2.51. The minimum absolute atomic E-state index is 0.384. The smallest absolute Gasteiger partial charge is 0.0406 e. The maximum Gasteiger partial charge on any atom is 0.0406 e. The van der Waals surface area contributed by atoms with Gasteiger partial charge in [-0.2, -0.15) is 0 Å². The van der Waals surface area contributed by atoms with E-state index in [1.54, 1.807) is 0 Å². The van der Waals surface area contributed by atoms with Crippen LogP contribution in [0.5, 0.6) is 0 Å². The summed E-state index contributed by atoms with van der Waals surface area (Å²) in [5, 5.41) is 4.43. The molecule has 0 aliphatic heterocycles. The van der Waals surface area contributed by atoms with Gasteiger partial charge in [0.15, 0.2) is 0 Å². The van der Waals surface area contributed by atoms with Crippen LogP contribution in [0.2, 0.25) is 5.02 Å². The van der Waals surface area contributed by atoms with Crippen molar-refractivity contribution >= 4 is 11.6 Å². The van der Waals surface area contributed by atoms with Crippen molar-refractivity contribution in [1.82, 2.24) is 5.32 Å². The third-order valence-corrected chi connectivity index (χ3v) is 3.33. The maximum atomic E-state index is 5.89. The summed E-state index contributed by atoms with van der Waals surface area (Å²) in [7, 11) is 0. The first kappa shape index (κ1) is 14.5. The highest BCUT2D eigenvalue weighted by molar-refractivity contribution is 6.30. The highest BCUT2D eigenvalue weighted by Crippen LogP contribution is 2.17. The molecule has 0 amide bonds. The van der Waals surface area contributed by atoms with E-state index in [0.29, 0.717) is 12.1 Å². The quantitative estimate of drug-likeness (QED) is 0.767. The molecule has 0 aliphatic rings. The van der Waals surface area contributed by atoms with Gasteiger partial charge in [0.25, 0.3) is 0 Å². The first-order valence-electron chi connectivity index (χ1n) is 6.50. The molecule has 1 nitrogen and oxygen atoms in total.